The zero-order chi connectivity index (χ0) is 15.8. The van der Waals surface area contributed by atoms with Crippen LogP contribution in [0.25, 0.3) is 5.57 Å². The number of nitrogens with zero attached hydrogens (tertiary/aromatic N) is 3. The smallest absolute Gasteiger partial charge is 0.137 e. The van der Waals surface area contributed by atoms with E-state index in [0.29, 0.717) is 5.57 Å². The predicted molar refractivity (Wildman–Crippen MR) is 86.4 cm³/mol. The summed E-state index contributed by atoms with van der Waals surface area (Å²) < 4.78 is 5.13. The molecule has 0 aliphatic heterocycles. The van der Waals surface area contributed by atoms with Crippen LogP contribution in [0, 0.1) is 22.7 Å². The maximum atomic E-state index is 9.18. The molecule has 108 valence electrons. The minimum Gasteiger partial charge on any atom is -0.497 e. The van der Waals surface area contributed by atoms with Gasteiger partial charge in [-0.1, -0.05) is 12.1 Å². The average molecular weight is 299 g/mol. The van der Waals surface area contributed by atoms with Crippen LogP contribution in [0.5, 0.6) is 5.75 Å². The minimum atomic E-state index is 0.0913. The molecule has 21 heavy (non-hydrogen) atoms. The Kier molecular flexibility index (Phi) is 6.39. The van der Waals surface area contributed by atoms with Crippen molar-refractivity contribution in [3.63, 3.8) is 0 Å². The van der Waals surface area contributed by atoms with Crippen LogP contribution in [-0.2, 0) is 0 Å². The van der Waals surface area contributed by atoms with Gasteiger partial charge in [-0.2, -0.15) is 10.5 Å². The Hall–Kier alpha value is -2.37. The number of rotatable bonds is 5. The van der Waals surface area contributed by atoms with E-state index in [1.807, 2.05) is 67.7 Å². The Labute approximate surface area is 129 Å². The van der Waals surface area contributed by atoms with E-state index in [9.17, 15) is 10.5 Å². The lowest BCUT2D eigenvalue weighted by Gasteiger charge is -2.16. The van der Waals surface area contributed by atoms with E-state index in [2.05, 4.69) is 0 Å². The number of benzene rings is 1. The normalized spacial score (nSPS) is 10.3. The summed E-state index contributed by atoms with van der Waals surface area (Å²) in [4.78, 5) is 1.94. The van der Waals surface area contributed by atoms with Gasteiger partial charge in [0.2, 0.25) is 0 Å². The van der Waals surface area contributed by atoms with Crippen molar-refractivity contribution in [2.45, 2.75) is 0 Å². The lowest BCUT2D eigenvalue weighted by Crippen LogP contribution is -2.08. The average Bonchev–Trinajstić information content (AvgIpc) is 2.51. The van der Waals surface area contributed by atoms with Crippen molar-refractivity contribution in [2.75, 3.05) is 27.5 Å². The third-order valence-corrected chi connectivity index (χ3v) is 3.71. The SMILES string of the molecule is COc1ccc(C(/C=C(/SC)N(C)C)=C(C#N)C#N)cc1. The van der Waals surface area contributed by atoms with Crippen LogP contribution >= 0.6 is 11.8 Å². The molecule has 0 saturated heterocycles. The van der Waals surface area contributed by atoms with Gasteiger partial charge >= 0.3 is 0 Å². The fourth-order valence-corrected chi connectivity index (χ4v) is 2.31. The molecule has 0 atom stereocenters. The first-order valence-electron chi connectivity index (χ1n) is 6.19. The van der Waals surface area contributed by atoms with Crippen LogP contribution in [0.3, 0.4) is 0 Å². The summed E-state index contributed by atoms with van der Waals surface area (Å²) in [6, 6.07) is 11.2. The topological polar surface area (TPSA) is 60.0 Å². The van der Waals surface area contributed by atoms with Crippen molar-refractivity contribution in [1.29, 1.82) is 10.5 Å². The highest BCUT2D eigenvalue weighted by Crippen LogP contribution is 2.27. The molecule has 0 N–H and O–H groups in total. The van der Waals surface area contributed by atoms with Gasteiger partial charge < -0.3 is 9.64 Å². The monoisotopic (exact) mass is 299 g/mol. The Morgan fingerprint density at radius 2 is 1.76 bits per heavy atom. The molecule has 0 saturated carbocycles. The van der Waals surface area contributed by atoms with Crippen LogP contribution in [-0.4, -0.2) is 32.4 Å². The summed E-state index contributed by atoms with van der Waals surface area (Å²) in [5.41, 5.74) is 1.51. The first kappa shape index (κ1) is 16.7. The fraction of sp³-hybridized carbons (Fsp3) is 0.250. The Morgan fingerprint density at radius 1 is 1.19 bits per heavy atom. The number of methoxy groups -OCH3 is 1. The third kappa shape index (κ3) is 4.30. The zero-order valence-corrected chi connectivity index (χ0v) is 13.4. The van der Waals surface area contributed by atoms with Gasteiger partial charge in [-0.3, -0.25) is 0 Å². The van der Waals surface area contributed by atoms with E-state index in [1.165, 1.54) is 0 Å². The minimum absolute atomic E-state index is 0.0913. The predicted octanol–water partition coefficient (Wildman–Crippen LogP) is 3.26. The first-order valence-corrected chi connectivity index (χ1v) is 7.41. The molecule has 0 heterocycles. The quantitative estimate of drug-likeness (QED) is 0.617. The molecule has 0 fully saturated rings. The van der Waals surface area contributed by atoms with Crippen LogP contribution < -0.4 is 4.74 Å². The van der Waals surface area contributed by atoms with Crippen LogP contribution in [0.15, 0.2) is 40.9 Å². The fourth-order valence-electron chi connectivity index (χ4n) is 1.71. The van der Waals surface area contributed by atoms with Crippen molar-refractivity contribution in [3.05, 3.63) is 46.5 Å². The second-order valence-electron chi connectivity index (χ2n) is 4.32. The van der Waals surface area contributed by atoms with Gasteiger partial charge in [-0.25, -0.2) is 0 Å². The highest BCUT2D eigenvalue weighted by molar-refractivity contribution is 8.02. The molecule has 0 amide bonds. The standard InChI is InChI=1S/C16H17N3OS/c1-19(2)16(21-4)9-15(13(10-17)11-18)12-5-7-14(20-3)8-6-12/h5-9H,1-4H3/b16-9+. The highest BCUT2D eigenvalue weighted by atomic mass is 32.2. The molecule has 0 aliphatic carbocycles. The summed E-state index contributed by atoms with van der Waals surface area (Å²) in [7, 11) is 5.44. The summed E-state index contributed by atoms with van der Waals surface area (Å²) >= 11 is 1.56. The number of ether oxygens (including phenoxy) is 1. The molecular weight excluding hydrogens is 282 g/mol. The number of allylic oxidation sites excluding steroid dienone is 3. The second-order valence-corrected chi connectivity index (χ2v) is 5.15. The molecule has 1 aromatic carbocycles. The molecule has 0 spiro atoms. The summed E-state index contributed by atoms with van der Waals surface area (Å²) in [5, 5.41) is 19.3. The summed E-state index contributed by atoms with van der Waals surface area (Å²) in [6.45, 7) is 0. The van der Waals surface area contributed by atoms with Gasteiger partial charge in [0, 0.05) is 19.7 Å². The van der Waals surface area contributed by atoms with Gasteiger partial charge in [0.1, 0.15) is 23.5 Å². The second kappa shape index (κ2) is 8.04. The molecular formula is C16H17N3OS. The molecule has 1 rings (SSSR count). The molecule has 0 bridgehead atoms. The van der Waals surface area contributed by atoms with Gasteiger partial charge in [0.05, 0.1) is 12.1 Å². The maximum Gasteiger partial charge on any atom is 0.137 e. The van der Waals surface area contributed by atoms with E-state index in [-0.39, 0.29) is 5.57 Å². The van der Waals surface area contributed by atoms with Gasteiger partial charge in [-0.15, -0.1) is 11.8 Å². The zero-order valence-electron chi connectivity index (χ0n) is 12.5. The molecule has 5 heteroatoms. The van der Waals surface area contributed by atoms with Crippen molar-refractivity contribution < 1.29 is 4.74 Å². The number of hydrogen-bond donors (Lipinski definition) is 0. The van der Waals surface area contributed by atoms with Crippen molar-refractivity contribution in [2.24, 2.45) is 0 Å². The van der Waals surface area contributed by atoms with E-state index >= 15 is 0 Å². The largest absolute Gasteiger partial charge is 0.497 e. The molecule has 0 radical (unpaired) electrons. The molecule has 4 nitrogen and oxygen atoms in total. The maximum absolute atomic E-state index is 9.18. The van der Waals surface area contributed by atoms with Gasteiger partial charge in [0.15, 0.2) is 0 Å². The van der Waals surface area contributed by atoms with E-state index < -0.39 is 0 Å². The lowest BCUT2D eigenvalue weighted by molar-refractivity contribution is 0.415. The van der Waals surface area contributed by atoms with Crippen LogP contribution in [0.2, 0.25) is 0 Å². The Balaban J connectivity index is 3.44. The van der Waals surface area contributed by atoms with Crippen molar-refractivity contribution in [1.82, 2.24) is 4.90 Å². The van der Waals surface area contributed by atoms with E-state index in [0.717, 1.165) is 16.3 Å². The van der Waals surface area contributed by atoms with E-state index in [1.54, 1.807) is 18.9 Å². The van der Waals surface area contributed by atoms with Crippen molar-refractivity contribution in [3.8, 4) is 17.9 Å². The molecule has 0 unspecified atom stereocenters. The molecule has 1 aromatic rings. The summed E-state index contributed by atoms with van der Waals surface area (Å²) in [6.07, 6.45) is 3.81. The number of thioether (sulfide) groups is 1. The van der Waals surface area contributed by atoms with E-state index in [4.69, 9.17) is 4.74 Å². The third-order valence-electron chi connectivity index (χ3n) is 2.81. The first-order chi connectivity index (χ1) is 10.1. The molecule has 0 aliphatic rings. The van der Waals surface area contributed by atoms with Gasteiger partial charge in [0.25, 0.3) is 0 Å². The Bertz CT molecular complexity index is 615. The Morgan fingerprint density at radius 3 is 2.14 bits per heavy atom. The lowest BCUT2D eigenvalue weighted by atomic mass is 10.0. The van der Waals surface area contributed by atoms with Crippen LogP contribution in [0.4, 0.5) is 0 Å². The molecule has 0 aromatic heterocycles. The highest BCUT2D eigenvalue weighted by Gasteiger charge is 2.10. The number of hydrogen-bond acceptors (Lipinski definition) is 5. The van der Waals surface area contributed by atoms with Crippen LogP contribution in [0.1, 0.15) is 5.56 Å². The number of nitriles is 2. The summed E-state index contributed by atoms with van der Waals surface area (Å²) in [5.74, 6) is 0.732. The van der Waals surface area contributed by atoms with Gasteiger partial charge in [-0.05, 0) is 30.0 Å². The van der Waals surface area contributed by atoms with Crippen molar-refractivity contribution >= 4 is 17.3 Å².